The third-order valence-electron chi connectivity index (χ3n) is 3.43. The Morgan fingerprint density at radius 1 is 1.43 bits per heavy atom. The standard InChI is InChI=1S/C14H17N5O2/c15-9-10-4-5-12(21-10)14(20)18-11-3-1-6-16-13(11)19-8-2-7-17-19/h1-3,6-8,10,12H,4-5,9,15H2,(H,18,20)/t10-,12+/m1/s1. The van der Waals surface area contributed by atoms with E-state index in [4.69, 9.17) is 10.5 Å². The smallest absolute Gasteiger partial charge is 0.253 e. The van der Waals surface area contributed by atoms with Gasteiger partial charge < -0.3 is 15.8 Å². The molecule has 0 spiro atoms. The molecule has 7 heteroatoms. The van der Waals surface area contributed by atoms with Crippen LogP contribution in [0.25, 0.3) is 5.82 Å². The molecule has 3 heterocycles. The van der Waals surface area contributed by atoms with Crippen molar-refractivity contribution < 1.29 is 9.53 Å². The number of anilines is 1. The maximum Gasteiger partial charge on any atom is 0.253 e. The van der Waals surface area contributed by atoms with Crippen LogP contribution in [0.2, 0.25) is 0 Å². The van der Waals surface area contributed by atoms with E-state index in [0.29, 0.717) is 24.5 Å². The number of nitrogens with one attached hydrogen (secondary N) is 1. The van der Waals surface area contributed by atoms with E-state index >= 15 is 0 Å². The van der Waals surface area contributed by atoms with Crippen LogP contribution < -0.4 is 11.1 Å². The van der Waals surface area contributed by atoms with Gasteiger partial charge in [-0.1, -0.05) is 0 Å². The predicted octanol–water partition coefficient (Wildman–Crippen LogP) is 0.712. The Morgan fingerprint density at radius 2 is 2.33 bits per heavy atom. The molecule has 1 aliphatic rings. The van der Waals surface area contributed by atoms with E-state index in [9.17, 15) is 4.79 Å². The summed E-state index contributed by atoms with van der Waals surface area (Å²) in [7, 11) is 0. The topological polar surface area (TPSA) is 95.1 Å². The average molecular weight is 287 g/mol. The van der Waals surface area contributed by atoms with Crippen LogP contribution in [0.3, 0.4) is 0 Å². The Bertz CT molecular complexity index is 614. The molecule has 0 aliphatic carbocycles. The largest absolute Gasteiger partial charge is 0.364 e. The van der Waals surface area contributed by atoms with E-state index in [-0.39, 0.29) is 12.0 Å². The first-order chi connectivity index (χ1) is 10.3. The quantitative estimate of drug-likeness (QED) is 0.863. The maximum atomic E-state index is 12.3. The molecule has 1 fully saturated rings. The highest BCUT2D eigenvalue weighted by Crippen LogP contribution is 2.22. The van der Waals surface area contributed by atoms with Crippen LogP contribution in [0.4, 0.5) is 5.69 Å². The van der Waals surface area contributed by atoms with Gasteiger partial charge in [-0.05, 0) is 31.0 Å². The summed E-state index contributed by atoms with van der Waals surface area (Å²) in [5.74, 6) is 0.400. The number of rotatable bonds is 4. The molecule has 2 aromatic heterocycles. The highest BCUT2D eigenvalue weighted by Gasteiger charge is 2.30. The van der Waals surface area contributed by atoms with Gasteiger partial charge in [0.2, 0.25) is 0 Å². The molecule has 0 aromatic carbocycles. The number of ether oxygens (including phenoxy) is 1. The van der Waals surface area contributed by atoms with Crippen molar-refractivity contribution in [3.63, 3.8) is 0 Å². The maximum absolute atomic E-state index is 12.3. The minimum Gasteiger partial charge on any atom is -0.364 e. The number of amides is 1. The number of pyridine rings is 1. The summed E-state index contributed by atoms with van der Waals surface area (Å²) in [6, 6.07) is 5.35. The number of nitrogens with zero attached hydrogens (tertiary/aromatic N) is 3. The molecule has 0 radical (unpaired) electrons. The Kier molecular flexibility index (Phi) is 3.94. The number of hydrogen-bond donors (Lipinski definition) is 2. The molecule has 3 rings (SSSR count). The molecule has 21 heavy (non-hydrogen) atoms. The zero-order valence-corrected chi connectivity index (χ0v) is 11.5. The second-order valence-electron chi connectivity index (χ2n) is 4.87. The van der Waals surface area contributed by atoms with Crippen LogP contribution in [0.1, 0.15) is 12.8 Å². The lowest BCUT2D eigenvalue weighted by Gasteiger charge is -2.14. The Morgan fingerprint density at radius 3 is 3.05 bits per heavy atom. The highest BCUT2D eigenvalue weighted by molar-refractivity contribution is 5.95. The van der Waals surface area contributed by atoms with Crippen molar-refractivity contribution >= 4 is 11.6 Å². The Hall–Kier alpha value is -2.25. The number of carbonyl (C=O) groups excluding carboxylic acids is 1. The van der Waals surface area contributed by atoms with Gasteiger partial charge in [-0.25, -0.2) is 9.67 Å². The monoisotopic (exact) mass is 287 g/mol. The average Bonchev–Trinajstić information content (AvgIpc) is 3.19. The summed E-state index contributed by atoms with van der Waals surface area (Å²) in [6.07, 6.45) is 6.10. The van der Waals surface area contributed by atoms with Gasteiger partial charge in [0.1, 0.15) is 6.10 Å². The van der Waals surface area contributed by atoms with Crippen molar-refractivity contribution in [1.29, 1.82) is 0 Å². The third-order valence-corrected chi connectivity index (χ3v) is 3.43. The van der Waals surface area contributed by atoms with E-state index in [1.807, 2.05) is 0 Å². The van der Waals surface area contributed by atoms with Gasteiger partial charge in [0.05, 0.1) is 11.8 Å². The summed E-state index contributed by atoms with van der Waals surface area (Å²) in [5, 5.41) is 6.99. The summed E-state index contributed by atoms with van der Waals surface area (Å²) in [6.45, 7) is 0.440. The van der Waals surface area contributed by atoms with Gasteiger partial charge in [-0.15, -0.1) is 0 Å². The number of hydrogen-bond acceptors (Lipinski definition) is 5. The molecular formula is C14H17N5O2. The van der Waals surface area contributed by atoms with E-state index in [1.165, 1.54) is 0 Å². The number of nitrogens with two attached hydrogens (primary N) is 1. The summed E-state index contributed by atoms with van der Waals surface area (Å²) in [5.41, 5.74) is 6.16. The molecule has 7 nitrogen and oxygen atoms in total. The van der Waals surface area contributed by atoms with Crippen LogP contribution in [-0.4, -0.2) is 39.4 Å². The van der Waals surface area contributed by atoms with E-state index in [2.05, 4.69) is 15.4 Å². The van der Waals surface area contributed by atoms with Crippen molar-refractivity contribution in [2.75, 3.05) is 11.9 Å². The summed E-state index contributed by atoms with van der Waals surface area (Å²) in [4.78, 5) is 16.5. The zero-order chi connectivity index (χ0) is 14.7. The molecule has 0 unspecified atom stereocenters. The fourth-order valence-electron chi connectivity index (χ4n) is 2.36. The molecule has 2 aromatic rings. The molecule has 0 bridgehead atoms. The molecule has 0 saturated carbocycles. The van der Waals surface area contributed by atoms with Crippen LogP contribution in [0.5, 0.6) is 0 Å². The lowest BCUT2D eigenvalue weighted by Crippen LogP contribution is -2.30. The van der Waals surface area contributed by atoms with Crippen molar-refractivity contribution in [1.82, 2.24) is 14.8 Å². The van der Waals surface area contributed by atoms with Crippen LogP contribution in [0.15, 0.2) is 36.8 Å². The normalized spacial score (nSPS) is 21.4. The fraction of sp³-hybridized carbons (Fsp3) is 0.357. The van der Waals surface area contributed by atoms with E-state index in [1.54, 1.807) is 41.5 Å². The van der Waals surface area contributed by atoms with Gasteiger partial charge in [0, 0.05) is 25.1 Å². The SMILES string of the molecule is NC[C@H]1CC[C@@H](C(=O)Nc2cccnc2-n2cccn2)O1. The van der Waals surface area contributed by atoms with E-state index < -0.39 is 6.10 Å². The molecule has 2 atom stereocenters. The Balaban J connectivity index is 1.75. The molecule has 1 aliphatic heterocycles. The first-order valence-electron chi connectivity index (χ1n) is 6.89. The molecule has 110 valence electrons. The van der Waals surface area contributed by atoms with Gasteiger partial charge in [-0.2, -0.15) is 5.10 Å². The number of carbonyl (C=O) groups is 1. The van der Waals surface area contributed by atoms with E-state index in [0.717, 1.165) is 6.42 Å². The first kappa shape index (κ1) is 13.7. The highest BCUT2D eigenvalue weighted by atomic mass is 16.5. The molecule has 1 amide bonds. The second kappa shape index (κ2) is 6.02. The van der Waals surface area contributed by atoms with Gasteiger partial charge in [0.25, 0.3) is 5.91 Å². The lowest BCUT2D eigenvalue weighted by atomic mass is 10.2. The Labute approximate surface area is 122 Å². The van der Waals surface area contributed by atoms with Crippen LogP contribution >= 0.6 is 0 Å². The minimum atomic E-state index is -0.454. The first-order valence-corrected chi connectivity index (χ1v) is 6.89. The fourth-order valence-corrected chi connectivity index (χ4v) is 2.36. The minimum absolute atomic E-state index is 0.0276. The summed E-state index contributed by atoms with van der Waals surface area (Å²) >= 11 is 0. The second-order valence-corrected chi connectivity index (χ2v) is 4.87. The third kappa shape index (κ3) is 2.93. The van der Waals surface area contributed by atoms with Gasteiger partial charge in [0.15, 0.2) is 5.82 Å². The zero-order valence-electron chi connectivity index (χ0n) is 11.5. The van der Waals surface area contributed by atoms with Crippen molar-refractivity contribution in [3.8, 4) is 5.82 Å². The van der Waals surface area contributed by atoms with Crippen LogP contribution in [0, 0.1) is 0 Å². The molecule has 1 saturated heterocycles. The van der Waals surface area contributed by atoms with Crippen LogP contribution in [-0.2, 0) is 9.53 Å². The van der Waals surface area contributed by atoms with Gasteiger partial charge in [-0.3, -0.25) is 4.79 Å². The predicted molar refractivity (Wildman–Crippen MR) is 76.9 cm³/mol. The molecular weight excluding hydrogens is 270 g/mol. The lowest BCUT2D eigenvalue weighted by molar-refractivity contribution is -0.126. The molecule has 3 N–H and O–H groups in total. The number of aromatic nitrogens is 3. The van der Waals surface area contributed by atoms with Crippen molar-refractivity contribution in [2.45, 2.75) is 25.0 Å². The van der Waals surface area contributed by atoms with Gasteiger partial charge >= 0.3 is 0 Å². The van der Waals surface area contributed by atoms with Crippen molar-refractivity contribution in [3.05, 3.63) is 36.8 Å². The summed E-state index contributed by atoms with van der Waals surface area (Å²) < 4.78 is 7.20. The van der Waals surface area contributed by atoms with Crippen molar-refractivity contribution in [2.24, 2.45) is 5.73 Å².